The smallest absolute Gasteiger partial charge is 0.257 e. The minimum Gasteiger partial charge on any atom is -0.374 e. The second kappa shape index (κ2) is 3.14. The fraction of sp³-hybridized carbons (Fsp3) is 1.00. The van der Waals surface area contributed by atoms with E-state index in [1.807, 2.05) is 32.7 Å². The van der Waals surface area contributed by atoms with Crippen LogP contribution in [0.2, 0.25) is 0 Å². The van der Waals surface area contributed by atoms with Gasteiger partial charge in [0.2, 0.25) is 0 Å². The third-order valence-corrected chi connectivity index (χ3v) is 3.42. The molecule has 0 aromatic heterocycles. The van der Waals surface area contributed by atoms with E-state index in [1.54, 1.807) is 0 Å². The molecular weight excluding hydrogens is 200 g/mol. The van der Waals surface area contributed by atoms with Gasteiger partial charge in [0, 0.05) is 18.5 Å². The van der Waals surface area contributed by atoms with Crippen molar-refractivity contribution in [2.24, 2.45) is 11.8 Å². The first-order valence-corrected chi connectivity index (χ1v) is 5.45. The zero-order valence-electron chi connectivity index (χ0n) is 9.76. The standard InChI is InChI=1S/C11H19F2NO/c1-10(2,3)15-6-8-9-7(5-14(8)4)11(9,12)13/h7-9H,5-6H2,1-4H3/t7?,8-,9?/m1/s1. The van der Waals surface area contributed by atoms with E-state index >= 15 is 0 Å². The van der Waals surface area contributed by atoms with Gasteiger partial charge in [-0.05, 0) is 27.8 Å². The van der Waals surface area contributed by atoms with E-state index in [-0.39, 0.29) is 11.6 Å². The molecule has 15 heavy (non-hydrogen) atoms. The molecule has 0 radical (unpaired) electrons. The summed E-state index contributed by atoms with van der Waals surface area (Å²) in [7, 11) is 1.90. The van der Waals surface area contributed by atoms with Gasteiger partial charge in [-0.3, -0.25) is 0 Å². The van der Waals surface area contributed by atoms with Crippen molar-refractivity contribution in [3.63, 3.8) is 0 Å². The van der Waals surface area contributed by atoms with Crippen molar-refractivity contribution >= 4 is 0 Å². The first-order valence-electron chi connectivity index (χ1n) is 5.45. The lowest BCUT2D eigenvalue weighted by molar-refractivity contribution is -0.0466. The van der Waals surface area contributed by atoms with Crippen LogP contribution in [0.5, 0.6) is 0 Å². The molecule has 2 aliphatic rings. The summed E-state index contributed by atoms with van der Waals surface area (Å²) in [6.45, 7) is 6.77. The largest absolute Gasteiger partial charge is 0.374 e. The minimum absolute atomic E-state index is 0.107. The van der Waals surface area contributed by atoms with Crippen LogP contribution >= 0.6 is 0 Å². The van der Waals surface area contributed by atoms with Gasteiger partial charge >= 0.3 is 0 Å². The lowest BCUT2D eigenvalue weighted by Crippen LogP contribution is -2.39. The molecule has 1 aliphatic carbocycles. The Balaban J connectivity index is 1.92. The highest BCUT2D eigenvalue weighted by Gasteiger charge is 2.74. The maximum Gasteiger partial charge on any atom is 0.257 e. The third-order valence-electron chi connectivity index (χ3n) is 3.42. The number of likely N-dealkylation sites (tertiary alicyclic amines) is 1. The van der Waals surface area contributed by atoms with Crippen LogP contribution in [0.4, 0.5) is 8.78 Å². The van der Waals surface area contributed by atoms with E-state index in [9.17, 15) is 8.78 Å². The number of piperidine rings is 1. The van der Waals surface area contributed by atoms with Crippen LogP contribution in [0.15, 0.2) is 0 Å². The molecule has 88 valence electrons. The molecular formula is C11H19F2NO. The first-order chi connectivity index (χ1) is 6.73. The van der Waals surface area contributed by atoms with Crippen LogP contribution in [0.1, 0.15) is 20.8 Å². The van der Waals surface area contributed by atoms with Gasteiger partial charge in [0.1, 0.15) is 0 Å². The second-order valence-electron chi connectivity index (χ2n) is 5.74. The monoisotopic (exact) mass is 219 g/mol. The van der Waals surface area contributed by atoms with Gasteiger partial charge in [0.25, 0.3) is 5.92 Å². The normalized spacial score (nSPS) is 39.2. The summed E-state index contributed by atoms with van der Waals surface area (Å²) in [6.07, 6.45) is 0. The molecule has 4 heteroatoms. The molecule has 0 bridgehead atoms. The zero-order valence-corrected chi connectivity index (χ0v) is 9.76. The number of nitrogens with zero attached hydrogens (tertiary/aromatic N) is 1. The lowest BCUT2D eigenvalue weighted by Gasteiger charge is -2.28. The SMILES string of the molecule is CN1CC2C([C@H]1COC(C)(C)C)C2(F)F. The summed E-state index contributed by atoms with van der Waals surface area (Å²) in [6, 6.07) is -0.107. The Morgan fingerprint density at radius 1 is 1.40 bits per heavy atom. The number of ether oxygens (including phenoxy) is 1. The van der Waals surface area contributed by atoms with Gasteiger partial charge in [0.05, 0.1) is 18.1 Å². The van der Waals surface area contributed by atoms with E-state index in [0.29, 0.717) is 13.2 Å². The lowest BCUT2D eigenvalue weighted by atomic mass is 10.1. The van der Waals surface area contributed by atoms with Crippen LogP contribution in [-0.2, 0) is 4.74 Å². The number of likely N-dealkylation sites (N-methyl/N-ethyl adjacent to an activating group) is 1. The Kier molecular flexibility index (Phi) is 2.36. The van der Waals surface area contributed by atoms with Gasteiger partial charge in [-0.25, -0.2) is 8.78 Å². The summed E-state index contributed by atoms with van der Waals surface area (Å²) in [4.78, 5) is 2.00. The number of hydrogen-bond acceptors (Lipinski definition) is 2. The number of halogens is 2. The quantitative estimate of drug-likeness (QED) is 0.704. The van der Waals surface area contributed by atoms with Crippen LogP contribution in [0.3, 0.4) is 0 Å². The van der Waals surface area contributed by atoms with Crippen molar-refractivity contribution in [1.29, 1.82) is 0 Å². The summed E-state index contributed by atoms with van der Waals surface area (Å²) in [5.74, 6) is -3.32. The topological polar surface area (TPSA) is 12.5 Å². The van der Waals surface area contributed by atoms with E-state index in [1.165, 1.54) is 0 Å². The molecule has 1 saturated carbocycles. The summed E-state index contributed by atoms with van der Waals surface area (Å²) < 4.78 is 32.0. The summed E-state index contributed by atoms with van der Waals surface area (Å²) in [5.41, 5.74) is -0.247. The van der Waals surface area contributed by atoms with Gasteiger partial charge in [0.15, 0.2) is 0 Å². The fourth-order valence-corrected chi connectivity index (χ4v) is 2.46. The summed E-state index contributed by atoms with van der Waals surface area (Å²) >= 11 is 0. The van der Waals surface area contributed by atoms with Crippen molar-refractivity contribution < 1.29 is 13.5 Å². The maximum absolute atomic E-state index is 13.2. The van der Waals surface area contributed by atoms with Crippen molar-refractivity contribution in [2.75, 3.05) is 20.2 Å². The summed E-state index contributed by atoms with van der Waals surface area (Å²) in [5, 5.41) is 0. The fourth-order valence-electron chi connectivity index (χ4n) is 2.46. The van der Waals surface area contributed by atoms with E-state index in [0.717, 1.165) is 0 Å². The molecule has 2 rings (SSSR count). The average Bonchev–Trinajstić information content (AvgIpc) is 2.45. The maximum atomic E-state index is 13.2. The van der Waals surface area contributed by atoms with Crippen molar-refractivity contribution in [1.82, 2.24) is 4.90 Å². The van der Waals surface area contributed by atoms with Crippen molar-refractivity contribution in [3.05, 3.63) is 0 Å². The Hall–Kier alpha value is -0.220. The molecule has 3 atom stereocenters. The van der Waals surface area contributed by atoms with E-state index in [2.05, 4.69) is 0 Å². The third kappa shape index (κ3) is 1.89. The number of hydrogen-bond donors (Lipinski definition) is 0. The number of alkyl halides is 2. The highest BCUT2D eigenvalue weighted by Crippen LogP contribution is 2.61. The molecule has 0 N–H and O–H groups in total. The molecule has 0 aromatic carbocycles. The van der Waals surface area contributed by atoms with Gasteiger partial charge in [-0.1, -0.05) is 0 Å². The van der Waals surface area contributed by atoms with E-state index < -0.39 is 17.8 Å². The Morgan fingerprint density at radius 3 is 2.47 bits per heavy atom. The molecule has 1 heterocycles. The Morgan fingerprint density at radius 2 is 2.00 bits per heavy atom. The van der Waals surface area contributed by atoms with Gasteiger partial charge < -0.3 is 9.64 Å². The highest BCUT2D eigenvalue weighted by atomic mass is 19.3. The van der Waals surface area contributed by atoms with Gasteiger partial charge in [-0.2, -0.15) is 0 Å². The first kappa shape index (κ1) is 11.3. The molecule has 1 aliphatic heterocycles. The highest BCUT2D eigenvalue weighted by molar-refractivity contribution is 5.16. The molecule has 0 aromatic rings. The van der Waals surface area contributed by atoms with Crippen molar-refractivity contribution in [2.45, 2.75) is 38.3 Å². The van der Waals surface area contributed by atoms with Crippen LogP contribution in [0.25, 0.3) is 0 Å². The molecule has 2 nitrogen and oxygen atoms in total. The predicted octanol–water partition coefficient (Wildman–Crippen LogP) is 2.00. The Labute approximate surface area is 89.6 Å². The molecule has 0 spiro atoms. The molecule has 1 saturated heterocycles. The van der Waals surface area contributed by atoms with Crippen LogP contribution in [0, 0.1) is 11.8 Å². The van der Waals surface area contributed by atoms with Crippen molar-refractivity contribution in [3.8, 4) is 0 Å². The molecule has 2 unspecified atom stereocenters. The molecule has 0 amide bonds. The predicted molar refractivity (Wildman–Crippen MR) is 54.1 cm³/mol. The van der Waals surface area contributed by atoms with Crippen LogP contribution < -0.4 is 0 Å². The zero-order chi connectivity index (χ0) is 11.4. The minimum atomic E-state index is -2.43. The average molecular weight is 219 g/mol. The number of fused-ring (bicyclic) bond motifs is 1. The van der Waals surface area contributed by atoms with Crippen LogP contribution in [-0.4, -0.2) is 42.7 Å². The Bertz CT molecular complexity index is 262. The van der Waals surface area contributed by atoms with E-state index in [4.69, 9.17) is 4.74 Å². The van der Waals surface area contributed by atoms with Gasteiger partial charge in [-0.15, -0.1) is 0 Å². The second-order valence-corrected chi connectivity index (χ2v) is 5.74. The number of rotatable bonds is 2. The molecule has 2 fully saturated rings.